The van der Waals surface area contributed by atoms with Crippen molar-refractivity contribution in [1.82, 2.24) is 0 Å². The molecular formula is C24H35O. The second-order valence-electron chi connectivity index (χ2n) is 6.65. The fourth-order valence-electron chi connectivity index (χ4n) is 4.60. The van der Waals surface area contributed by atoms with Crippen molar-refractivity contribution in [2.24, 2.45) is 0 Å². The summed E-state index contributed by atoms with van der Waals surface area (Å²) in [4.78, 5) is 0. The Labute approximate surface area is 154 Å². The number of rotatable bonds is 8. The first-order valence-electron chi connectivity index (χ1n) is 10.2. The molecule has 1 nitrogen and oxygen atoms in total. The number of fused-ring (bicyclic) bond motifs is 1. The highest BCUT2D eigenvalue weighted by Crippen LogP contribution is 2.41. The lowest BCUT2D eigenvalue weighted by atomic mass is 9.82. The fourth-order valence-corrected chi connectivity index (χ4v) is 4.60. The molecule has 2 aromatic rings. The van der Waals surface area contributed by atoms with Gasteiger partial charge in [0.15, 0.2) is 0 Å². The van der Waals surface area contributed by atoms with Crippen LogP contribution in [0, 0.1) is 6.92 Å². The second-order valence-corrected chi connectivity index (χ2v) is 6.65. The summed E-state index contributed by atoms with van der Waals surface area (Å²) in [6.07, 6.45) is 6.43. The van der Waals surface area contributed by atoms with Gasteiger partial charge in [-0.05, 0) is 90.3 Å². The molecule has 0 aliphatic rings. The van der Waals surface area contributed by atoms with Crippen molar-refractivity contribution >= 4 is 10.8 Å². The van der Waals surface area contributed by atoms with E-state index in [2.05, 4.69) is 54.5 Å². The largest absolute Gasteiger partial charge is 0.493 e. The standard InChI is InChI=1S/C24H35O/c1-8-16-15-22-23(19(11-4)17(16)9-2)20(12-5)18(10-3)21(13-6)24(22)25-14-7/h15H,7-14H2,1-6H3. The summed E-state index contributed by atoms with van der Waals surface area (Å²) in [6.45, 7) is 18.1. The SMILES string of the molecule is [CH2]COc1c(CC)c(CC)c(CC)c2c(CC)c(CC)c(CC)cc12. The normalized spacial score (nSPS) is 11.3. The van der Waals surface area contributed by atoms with E-state index in [1.165, 1.54) is 27.5 Å². The fraction of sp³-hybridized carbons (Fsp3) is 0.542. The molecule has 0 saturated heterocycles. The highest BCUT2D eigenvalue weighted by molar-refractivity contribution is 5.97. The zero-order valence-electron chi connectivity index (χ0n) is 17.1. The summed E-state index contributed by atoms with van der Waals surface area (Å²) in [5.74, 6) is 1.09. The third-order valence-corrected chi connectivity index (χ3v) is 5.59. The smallest absolute Gasteiger partial charge is 0.130 e. The monoisotopic (exact) mass is 339 g/mol. The Kier molecular flexibility index (Phi) is 6.93. The van der Waals surface area contributed by atoms with Crippen LogP contribution in [0.4, 0.5) is 0 Å². The van der Waals surface area contributed by atoms with Gasteiger partial charge < -0.3 is 4.74 Å². The molecule has 0 unspecified atom stereocenters. The van der Waals surface area contributed by atoms with Gasteiger partial charge in [-0.25, -0.2) is 0 Å². The van der Waals surface area contributed by atoms with E-state index in [-0.39, 0.29) is 0 Å². The van der Waals surface area contributed by atoms with E-state index in [0.29, 0.717) is 6.61 Å². The third kappa shape index (κ3) is 3.30. The molecule has 1 radical (unpaired) electrons. The molecule has 2 rings (SSSR count). The number of ether oxygens (including phenoxy) is 1. The minimum atomic E-state index is 0.481. The Bertz CT molecular complexity index is 730. The number of hydrogen-bond donors (Lipinski definition) is 0. The first-order chi connectivity index (χ1) is 12.1. The summed E-state index contributed by atoms with van der Waals surface area (Å²) in [5.41, 5.74) is 9.01. The third-order valence-electron chi connectivity index (χ3n) is 5.59. The van der Waals surface area contributed by atoms with Crippen LogP contribution in [0.15, 0.2) is 6.07 Å². The Balaban J connectivity index is 3.12. The van der Waals surface area contributed by atoms with Gasteiger partial charge in [0.1, 0.15) is 5.75 Å². The molecule has 0 saturated carbocycles. The first kappa shape index (κ1) is 19.8. The van der Waals surface area contributed by atoms with Gasteiger partial charge in [-0.15, -0.1) is 0 Å². The Morgan fingerprint density at radius 1 is 0.680 bits per heavy atom. The number of aryl methyl sites for hydroxylation is 3. The van der Waals surface area contributed by atoms with E-state index in [1.807, 2.05) is 0 Å². The predicted octanol–water partition coefficient (Wildman–Crippen LogP) is 6.43. The van der Waals surface area contributed by atoms with Crippen LogP contribution in [0.1, 0.15) is 74.9 Å². The zero-order chi connectivity index (χ0) is 18.6. The van der Waals surface area contributed by atoms with E-state index in [0.717, 1.165) is 44.3 Å². The molecule has 25 heavy (non-hydrogen) atoms. The molecule has 0 atom stereocenters. The summed E-state index contributed by atoms with van der Waals surface area (Å²) >= 11 is 0. The molecule has 0 spiro atoms. The average molecular weight is 340 g/mol. The predicted molar refractivity (Wildman–Crippen MR) is 111 cm³/mol. The van der Waals surface area contributed by atoms with Gasteiger partial charge in [-0.1, -0.05) is 41.5 Å². The molecule has 0 aromatic heterocycles. The lowest BCUT2D eigenvalue weighted by Gasteiger charge is -2.25. The lowest BCUT2D eigenvalue weighted by Crippen LogP contribution is -2.09. The van der Waals surface area contributed by atoms with Crippen molar-refractivity contribution in [3.8, 4) is 5.75 Å². The van der Waals surface area contributed by atoms with Crippen LogP contribution in [0.2, 0.25) is 0 Å². The first-order valence-corrected chi connectivity index (χ1v) is 10.2. The Morgan fingerprint density at radius 2 is 1.20 bits per heavy atom. The molecule has 0 aliphatic heterocycles. The Hall–Kier alpha value is -1.50. The van der Waals surface area contributed by atoms with Crippen molar-refractivity contribution in [3.63, 3.8) is 0 Å². The Morgan fingerprint density at radius 3 is 1.64 bits per heavy atom. The summed E-state index contributed by atoms with van der Waals surface area (Å²) in [5, 5.41) is 2.79. The molecule has 0 bridgehead atoms. The molecule has 0 heterocycles. The minimum absolute atomic E-state index is 0.481. The molecular weight excluding hydrogens is 304 g/mol. The second kappa shape index (κ2) is 8.74. The molecule has 2 aromatic carbocycles. The zero-order valence-corrected chi connectivity index (χ0v) is 17.1. The highest BCUT2D eigenvalue weighted by atomic mass is 16.5. The topological polar surface area (TPSA) is 9.23 Å². The van der Waals surface area contributed by atoms with E-state index in [1.54, 1.807) is 16.7 Å². The van der Waals surface area contributed by atoms with Crippen LogP contribution >= 0.6 is 0 Å². The molecule has 137 valence electrons. The maximum absolute atomic E-state index is 6.14. The van der Waals surface area contributed by atoms with Gasteiger partial charge in [0.25, 0.3) is 0 Å². The van der Waals surface area contributed by atoms with Crippen molar-refractivity contribution < 1.29 is 4.74 Å². The van der Waals surface area contributed by atoms with Gasteiger partial charge in [-0.3, -0.25) is 0 Å². The summed E-state index contributed by atoms with van der Waals surface area (Å²) in [7, 11) is 0. The maximum Gasteiger partial charge on any atom is 0.130 e. The molecule has 1 heteroatoms. The van der Waals surface area contributed by atoms with E-state index in [4.69, 9.17) is 4.74 Å². The molecule has 0 N–H and O–H groups in total. The molecule has 0 fully saturated rings. The van der Waals surface area contributed by atoms with Crippen LogP contribution in [0.3, 0.4) is 0 Å². The van der Waals surface area contributed by atoms with Gasteiger partial charge in [0.05, 0.1) is 6.61 Å². The molecule has 0 amide bonds. The summed E-state index contributed by atoms with van der Waals surface area (Å²) in [6, 6.07) is 2.41. The van der Waals surface area contributed by atoms with E-state index in [9.17, 15) is 0 Å². The van der Waals surface area contributed by atoms with Crippen LogP contribution in [0.25, 0.3) is 10.8 Å². The quantitative estimate of drug-likeness (QED) is 0.538. The van der Waals surface area contributed by atoms with Crippen molar-refractivity contribution in [3.05, 3.63) is 46.4 Å². The average Bonchev–Trinajstić information content (AvgIpc) is 2.65. The van der Waals surface area contributed by atoms with E-state index < -0.39 is 0 Å². The van der Waals surface area contributed by atoms with Crippen LogP contribution < -0.4 is 4.74 Å². The number of hydrogen-bond acceptors (Lipinski definition) is 1. The maximum atomic E-state index is 6.14. The molecule has 0 aliphatic carbocycles. The van der Waals surface area contributed by atoms with Crippen molar-refractivity contribution in [2.45, 2.75) is 80.1 Å². The van der Waals surface area contributed by atoms with Crippen LogP contribution in [0.5, 0.6) is 5.75 Å². The summed E-state index contributed by atoms with van der Waals surface area (Å²) < 4.78 is 6.14. The van der Waals surface area contributed by atoms with Gasteiger partial charge in [0, 0.05) is 5.39 Å². The van der Waals surface area contributed by atoms with Gasteiger partial charge >= 0.3 is 0 Å². The van der Waals surface area contributed by atoms with Crippen LogP contribution in [-0.2, 0) is 38.5 Å². The van der Waals surface area contributed by atoms with E-state index >= 15 is 0 Å². The van der Waals surface area contributed by atoms with Gasteiger partial charge in [0.2, 0.25) is 0 Å². The number of benzene rings is 2. The van der Waals surface area contributed by atoms with Crippen molar-refractivity contribution in [2.75, 3.05) is 6.61 Å². The minimum Gasteiger partial charge on any atom is -0.493 e. The van der Waals surface area contributed by atoms with Gasteiger partial charge in [-0.2, -0.15) is 0 Å². The lowest BCUT2D eigenvalue weighted by molar-refractivity contribution is 0.361. The highest BCUT2D eigenvalue weighted by Gasteiger charge is 2.22. The van der Waals surface area contributed by atoms with Crippen molar-refractivity contribution in [1.29, 1.82) is 0 Å². The van der Waals surface area contributed by atoms with Crippen LogP contribution in [-0.4, -0.2) is 6.61 Å².